The molecule has 0 aliphatic heterocycles. The average Bonchev–Trinajstić information content (AvgIpc) is 2.94. The summed E-state index contributed by atoms with van der Waals surface area (Å²) in [4.78, 5) is 29.8. The third-order valence-electron chi connectivity index (χ3n) is 3.49. The molecular formula is C16H20N2O3S2. The number of aliphatic carboxylic acids is 1. The molecule has 1 aromatic heterocycles. The molecule has 2 rings (SSSR count). The smallest absolute Gasteiger partial charge is 0.303 e. The van der Waals surface area contributed by atoms with Crippen molar-refractivity contribution >= 4 is 45.2 Å². The first-order chi connectivity index (χ1) is 11.0. The highest BCUT2D eigenvalue weighted by Gasteiger charge is 2.25. The van der Waals surface area contributed by atoms with Gasteiger partial charge in [0.15, 0.2) is 4.34 Å². The van der Waals surface area contributed by atoms with Gasteiger partial charge in [-0.05, 0) is 32.4 Å². The second-order valence-corrected chi connectivity index (χ2v) is 7.48. The summed E-state index contributed by atoms with van der Waals surface area (Å²) in [5.41, 5.74) is 0.910. The first-order valence-electron chi connectivity index (χ1n) is 7.58. The van der Waals surface area contributed by atoms with Crippen LogP contribution in [0.25, 0.3) is 10.2 Å². The Hall–Kier alpha value is -1.60. The Balaban J connectivity index is 2.18. The fourth-order valence-electron chi connectivity index (χ4n) is 2.25. The highest BCUT2D eigenvalue weighted by molar-refractivity contribution is 8.02. The normalized spacial score (nSPS) is 12.3. The number of fused-ring (bicyclic) bond motifs is 1. The lowest BCUT2D eigenvalue weighted by atomic mass is 10.2. The van der Waals surface area contributed by atoms with Crippen molar-refractivity contribution in [2.24, 2.45) is 0 Å². The second-order valence-electron chi connectivity index (χ2n) is 5.00. The van der Waals surface area contributed by atoms with Crippen LogP contribution in [0.4, 0.5) is 0 Å². The number of carbonyl (C=O) groups excluding carboxylic acids is 1. The van der Waals surface area contributed by atoms with Gasteiger partial charge in [-0.2, -0.15) is 0 Å². The van der Waals surface area contributed by atoms with Gasteiger partial charge in [0.25, 0.3) is 0 Å². The highest BCUT2D eigenvalue weighted by Crippen LogP contribution is 2.34. The topological polar surface area (TPSA) is 70.5 Å². The van der Waals surface area contributed by atoms with E-state index in [-0.39, 0.29) is 12.3 Å². The Morgan fingerprint density at radius 2 is 2.00 bits per heavy atom. The molecular weight excluding hydrogens is 332 g/mol. The number of carboxylic acids is 1. The van der Waals surface area contributed by atoms with Crippen molar-refractivity contribution in [1.82, 2.24) is 9.88 Å². The van der Waals surface area contributed by atoms with E-state index in [1.54, 1.807) is 4.90 Å². The van der Waals surface area contributed by atoms with Gasteiger partial charge >= 0.3 is 5.97 Å². The number of amides is 1. The second kappa shape index (κ2) is 8.31. The molecule has 5 nitrogen and oxygen atoms in total. The molecule has 1 unspecified atom stereocenters. The fourth-order valence-corrected chi connectivity index (χ4v) is 4.64. The Morgan fingerprint density at radius 3 is 2.61 bits per heavy atom. The Kier molecular flexibility index (Phi) is 6.41. The van der Waals surface area contributed by atoms with Gasteiger partial charge in [-0.1, -0.05) is 23.9 Å². The number of benzene rings is 1. The summed E-state index contributed by atoms with van der Waals surface area (Å²) >= 11 is 2.91. The van der Waals surface area contributed by atoms with Crippen molar-refractivity contribution < 1.29 is 14.7 Å². The van der Waals surface area contributed by atoms with E-state index in [0.717, 1.165) is 14.6 Å². The lowest BCUT2D eigenvalue weighted by Crippen LogP contribution is -2.37. The quantitative estimate of drug-likeness (QED) is 0.737. The molecule has 1 amide bonds. The number of hydrogen-bond donors (Lipinski definition) is 1. The molecule has 0 aliphatic carbocycles. The molecule has 0 spiro atoms. The molecule has 0 saturated heterocycles. The van der Waals surface area contributed by atoms with Crippen LogP contribution in [0.3, 0.4) is 0 Å². The van der Waals surface area contributed by atoms with Crippen LogP contribution in [0.2, 0.25) is 0 Å². The van der Waals surface area contributed by atoms with Crippen LogP contribution in [0.1, 0.15) is 26.7 Å². The predicted octanol–water partition coefficient (Wildman–Crippen LogP) is 3.49. The summed E-state index contributed by atoms with van der Waals surface area (Å²) in [5.74, 6) is -0.896. The number of carboxylic acid groups (broad SMARTS) is 1. The maximum Gasteiger partial charge on any atom is 0.303 e. The van der Waals surface area contributed by atoms with Crippen molar-refractivity contribution in [3.8, 4) is 0 Å². The van der Waals surface area contributed by atoms with E-state index in [9.17, 15) is 9.59 Å². The van der Waals surface area contributed by atoms with Gasteiger partial charge in [0.1, 0.15) is 0 Å². The van der Waals surface area contributed by atoms with E-state index in [1.807, 2.05) is 38.1 Å². The van der Waals surface area contributed by atoms with Crippen molar-refractivity contribution in [3.63, 3.8) is 0 Å². The van der Waals surface area contributed by atoms with E-state index < -0.39 is 11.2 Å². The molecule has 2 aromatic rings. The molecule has 0 bridgehead atoms. The number of nitrogens with zero attached hydrogens (tertiary/aromatic N) is 2. The zero-order valence-electron chi connectivity index (χ0n) is 13.2. The van der Waals surface area contributed by atoms with Gasteiger partial charge in [-0.25, -0.2) is 4.98 Å². The molecule has 1 N–H and O–H groups in total. The number of para-hydroxylation sites is 1. The summed E-state index contributed by atoms with van der Waals surface area (Å²) in [5, 5.41) is 8.52. The number of thioether (sulfide) groups is 1. The SMILES string of the molecule is CCN(CC)C(=O)C(CCC(=O)O)Sc1nc2ccccc2s1. The number of thiazole rings is 1. The van der Waals surface area contributed by atoms with Gasteiger partial charge in [-0.3, -0.25) is 9.59 Å². The van der Waals surface area contributed by atoms with Gasteiger partial charge in [0, 0.05) is 19.5 Å². The van der Waals surface area contributed by atoms with E-state index in [0.29, 0.717) is 19.5 Å². The molecule has 1 aromatic carbocycles. The molecule has 0 radical (unpaired) electrons. The maximum absolute atomic E-state index is 12.6. The molecule has 0 aliphatic rings. The molecule has 23 heavy (non-hydrogen) atoms. The van der Waals surface area contributed by atoms with Crippen LogP contribution in [0.15, 0.2) is 28.6 Å². The predicted molar refractivity (Wildman–Crippen MR) is 94.1 cm³/mol. The first-order valence-corrected chi connectivity index (χ1v) is 9.27. The van der Waals surface area contributed by atoms with Crippen LogP contribution in [0, 0.1) is 0 Å². The minimum atomic E-state index is -0.882. The summed E-state index contributed by atoms with van der Waals surface area (Å²) in [6, 6.07) is 7.82. The molecule has 7 heteroatoms. The van der Waals surface area contributed by atoms with E-state index in [2.05, 4.69) is 4.98 Å². The molecule has 1 heterocycles. The molecule has 1 atom stereocenters. The maximum atomic E-state index is 12.6. The van der Waals surface area contributed by atoms with E-state index in [4.69, 9.17) is 5.11 Å². The Labute approximate surface area is 143 Å². The number of aromatic nitrogens is 1. The van der Waals surface area contributed by atoms with Gasteiger partial charge in [-0.15, -0.1) is 11.3 Å². The zero-order chi connectivity index (χ0) is 16.8. The van der Waals surface area contributed by atoms with Gasteiger partial charge in [0.05, 0.1) is 15.5 Å². The number of hydrogen-bond acceptors (Lipinski definition) is 5. The Morgan fingerprint density at radius 1 is 1.30 bits per heavy atom. The van der Waals surface area contributed by atoms with Crippen molar-refractivity contribution in [2.45, 2.75) is 36.3 Å². The fraction of sp³-hybridized carbons (Fsp3) is 0.438. The van der Waals surface area contributed by atoms with Crippen molar-refractivity contribution in [2.75, 3.05) is 13.1 Å². The van der Waals surface area contributed by atoms with E-state index in [1.165, 1.54) is 23.1 Å². The van der Waals surface area contributed by atoms with Crippen LogP contribution in [-0.4, -0.2) is 45.2 Å². The lowest BCUT2D eigenvalue weighted by molar-refractivity contribution is -0.137. The molecule has 124 valence electrons. The van der Waals surface area contributed by atoms with E-state index >= 15 is 0 Å². The standard InChI is InChI=1S/C16H20N2O3S2/c1-3-18(4-2)15(21)13(9-10-14(19)20)23-16-17-11-7-5-6-8-12(11)22-16/h5-8,13H,3-4,9-10H2,1-2H3,(H,19,20). The third-order valence-corrected chi connectivity index (χ3v) is 5.87. The highest BCUT2D eigenvalue weighted by atomic mass is 32.2. The zero-order valence-corrected chi connectivity index (χ0v) is 14.8. The van der Waals surface area contributed by atoms with Crippen LogP contribution in [0.5, 0.6) is 0 Å². The van der Waals surface area contributed by atoms with Crippen molar-refractivity contribution in [1.29, 1.82) is 0 Å². The summed E-state index contributed by atoms with van der Waals surface area (Å²) in [6.07, 6.45) is 0.292. The number of rotatable bonds is 8. The molecule has 0 fully saturated rings. The summed E-state index contributed by atoms with van der Waals surface area (Å²) in [7, 11) is 0. The average molecular weight is 352 g/mol. The van der Waals surface area contributed by atoms with Crippen LogP contribution < -0.4 is 0 Å². The monoisotopic (exact) mass is 352 g/mol. The molecule has 0 saturated carbocycles. The van der Waals surface area contributed by atoms with Gasteiger partial charge < -0.3 is 10.0 Å². The van der Waals surface area contributed by atoms with Gasteiger partial charge in [0.2, 0.25) is 5.91 Å². The van der Waals surface area contributed by atoms with Crippen LogP contribution in [-0.2, 0) is 9.59 Å². The first kappa shape index (κ1) is 17.7. The Bertz CT molecular complexity index is 650. The minimum Gasteiger partial charge on any atom is -0.481 e. The summed E-state index contributed by atoms with van der Waals surface area (Å²) < 4.78 is 1.88. The minimum absolute atomic E-state index is 0.0134. The summed E-state index contributed by atoms with van der Waals surface area (Å²) in [6.45, 7) is 5.11. The third kappa shape index (κ3) is 4.68. The van der Waals surface area contributed by atoms with Crippen molar-refractivity contribution in [3.05, 3.63) is 24.3 Å². The largest absolute Gasteiger partial charge is 0.481 e. The van der Waals surface area contributed by atoms with Crippen LogP contribution >= 0.6 is 23.1 Å². The lowest BCUT2D eigenvalue weighted by Gasteiger charge is -2.23. The number of carbonyl (C=O) groups is 2.